The van der Waals surface area contributed by atoms with E-state index in [2.05, 4.69) is 15.9 Å². The summed E-state index contributed by atoms with van der Waals surface area (Å²) in [7, 11) is 0. The third-order valence-electron chi connectivity index (χ3n) is 3.25. The smallest absolute Gasteiger partial charge is 0.303 e. The molecule has 1 saturated heterocycles. The Bertz CT molecular complexity index is 318. The van der Waals surface area contributed by atoms with Crippen LogP contribution in [-0.4, -0.2) is 35.8 Å². The molecule has 5 atom stereocenters. The summed E-state index contributed by atoms with van der Waals surface area (Å²) in [6.07, 6.45) is -0.522. The van der Waals surface area contributed by atoms with Crippen molar-refractivity contribution in [2.75, 3.05) is 6.61 Å². The van der Waals surface area contributed by atoms with Crippen LogP contribution in [-0.2, 0) is 23.8 Å². The number of carbonyl (C=O) groups excluding carboxylic acids is 2. The zero-order valence-corrected chi connectivity index (χ0v) is 12.6. The molecule has 0 saturated carbocycles. The summed E-state index contributed by atoms with van der Waals surface area (Å²) >= 11 is 3.36. The van der Waals surface area contributed by atoms with Crippen LogP contribution in [0.5, 0.6) is 0 Å². The second-order valence-electron chi connectivity index (χ2n) is 4.62. The van der Waals surface area contributed by atoms with Crippen LogP contribution in [0.2, 0.25) is 0 Å². The van der Waals surface area contributed by atoms with Crippen molar-refractivity contribution in [1.82, 2.24) is 0 Å². The molecule has 1 heterocycles. The topological polar surface area (TPSA) is 61.8 Å². The normalized spacial score (nSPS) is 35.9. The minimum absolute atomic E-state index is 0.118. The molecule has 0 bridgehead atoms. The first-order valence-electron chi connectivity index (χ1n) is 5.93. The van der Waals surface area contributed by atoms with Crippen molar-refractivity contribution in [1.29, 1.82) is 0 Å². The molecule has 0 aliphatic carbocycles. The van der Waals surface area contributed by atoms with Gasteiger partial charge in [0, 0.05) is 19.8 Å². The van der Waals surface area contributed by atoms with Crippen LogP contribution in [0, 0.1) is 11.8 Å². The zero-order valence-electron chi connectivity index (χ0n) is 11.0. The van der Waals surface area contributed by atoms with Crippen LogP contribution in [0.1, 0.15) is 27.7 Å². The summed E-state index contributed by atoms with van der Waals surface area (Å²) in [5.74, 6) is -0.410. The molecule has 104 valence electrons. The first-order chi connectivity index (χ1) is 8.32. The fraction of sp³-hybridized carbons (Fsp3) is 0.833. The largest absolute Gasteiger partial charge is 0.463 e. The van der Waals surface area contributed by atoms with E-state index >= 15 is 0 Å². The van der Waals surface area contributed by atoms with Crippen LogP contribution in [0.25, 0.3) is 0 Å². The Kier molecular flexibility index (Phi) is 5.59. The molecule has 6 heteroatoms. The second kappa shape index (κ2) is 6.52. The molecule has 0 aromatic carbocycles. The molecule has 1 aliphatic heterocycles. The van der Waals surface area contributed by atoms with E-state index in [-0.39, 0.29) is 47.6 Å². The lowest BCUT2D eigenvalue weighted by atomic mass is 9.84. The van der Waals surface area contributed by atoms with E-state index in [0.717, 1.165) is 0 Å². The maximum Gasteiger partial charge on any atom is 0.303 e. The lowest BCUT2D eigenvalue weighted by molar-refractivity contribution is -0.183. The number of hydrogen-bond donors (Lipinski definition) is 0. The highest BCUT2D eigenvalue weighted by Gasteiger charge is 2.42. The third-order valence-corrected chi connectivity index (χ3v) is 3.99. The van der Waals surface area contributed by atoms with Gasteiger partial charge in [0.25, 0.3) is 0 Å². The van der Waals surface area contributed by atoms with E-state index in [0.29, 0.717) is 0 Å². The van der Waals surface area contributed by atoms with Crippen LogP contribution in [0.15, 0.2) is 0 Å². The molecule has 0 amide bonds. The van der Waals surface area contributed by atoms with Gasteiger partial charge in [-0.3, -0.25) is 9.59 Å². The molecule has 1 rings (SSSR count). The highest BCUT2D eigenvalue weighted by Crippen LogP contribution is 2.35. The molecule has 0 radical (unpaired) electrons. The Hall–Kier alpha value is -0.620. The van der Waals surface area contributed by atoms with Gasteiger partial charge in [0.2, 0.25) is 0 Å². The fourth-order valence-corrected chi connectivity index (χ4v) is 2.85. The molecule has 1 fully saturated rings. The van der Waals surface area contributed by atoms with Crippen molar-refractivity contribution in [3.8, 4) is 0 Å². The van der Waals surface area contributed by atoms with Gasteiger partial charge in [0.15, 0.2) is 0 Å². The van der Waals surface area contributed by atoms with Crippen LogP contribution < -0.4 is 0 Å². The standard InChI is InChI=1S/C12H19BrO5/c1-6-7(2)11(17-9(4)15)12(13)18-10(6)5-16-8(3)14/h6-7,10-12H,5H2,1-4H3/t6-,7+,10-,11-,12+/m1/s1. The molecule has 0 aromatic heterocycles. The lowest BCUT2D eigenvalue weighted by Crippen LogP contribution is -2.50. The highest BCUT2D eigenvalue weighted by atomic mass is 79.9. The summed E-state index contributed by atoms with van der Waals surface area (Å²) in [5, 5.41) is -0.381. The van der Waals surface area contributed by atoms with Gasteiger partial charge < -0.3 is 14.2 Å². The van der Waals surface area contributed by atoms with Crippen molar-refractivity contribution in [2.24, 2.45) is 11.8 Å². The van der Waals surface area contributed by atoms with Gasteiger partial charge in [-0.25, -0.2) is 0 Å². The molecule has 0 unspecified atom stereocenters. The Morgan fingerprint density at radius 3 is 2.28 bits per heavy atom. The van der Waals surface area contributed by atoms with Gasteiger partial charge in [-0.15, -0.1) is 0 Å². The van der Waals surface area contributed by atoms with Crippen LogP contribution in [0.4, 0.5) is 0 Å². The molecular weight excluding hydrogens is 304 g/mol. The van der Waals surface area contributed by atoms with Gasteiger partial charge in [-0.2, -0.15) is 0 Å². The van der Waals surface area contributed by atoms with Crippen molar-refractivity contribution in [2.45, 2.75) is 44.9 Å². The Labute approximate surface area is 115 Å². The Morgan fingerprint density at radius 2 is 1.78 bits per heavy atom. The SMILES string of the molecule is CC(=O)OC[C@H]1O[C@H](Br)[C@H](OC(C)=O)[C@@H](C)[C@H]1C. The molecule has 0 spiro atoms. The summed E-state index contributed by atoms with van der Waals surface area (Å²) in [6.45, 7) is 6.95. The van der Waals surface area contributed by atoms with Gasteiger partial charge in [0.1, 0.15) is 17.7 Å². The summed E-state index contributed by atoms with van der Waals surface area (Å²) in [6, 6.07) is 0. The quantitative estimate of drug-likeness (QED) is 0.586. The predicted octanol–water partition coefficient (Wildman–Crippen LogP) is 1.87. The van der Waals surface area contributed by atoms with Crippen LogP contribution >= 0.6 is 15.9 Å². The highest BCUT2D eigenvalue weighted by molar-refractivity contribution is 9.09. The first kappa shape index (κ1) is 15.4. The van der Waals surface area contributed by atoms with Crippen molar-refractivity contribution >= 4 is 27.9 Å². The summed E-state index contributed by atoms with van der Waals surface area (Å²) < 4.78 is 15.9. The Balaban J connectivity index is 2.64. The second-order valence-corrected chi connectivity index (χ2v) is 5.52. The number of halogens is 1. The molecule has 5 nitrogen and oxygen atoms in total. The van der Waals surface area contributed by atoms with Crippen molar-refractivity contribution in [3.63, 3.8) is 0 Å². The summed E-state index contributed by atoms with van der Waals surface area (Å²) in [4.78, 5) is 21.8. The molecule has 1 aliphatic rings. The molecule has 18 heavy (non-hydrogen) atoms. The number of esters is 2. The van der Waals surface area contributed by atoms with E-state index in [1.807, 2.05) is 13.8 Å². The predicted molar refractivity (Wildman–Crippen MR) is 68.1 cm³/mol. The monoisotopic (exact) mass is 322 g/mol. The van der Waals surface area contributed by atoms with E-state index in [4.69, 9.17) is 14.2 Å². The number of hydrogen-bond acceptors (Lipinski definition) is 5. The third kappa shape index (κ3) is 3.95. The maximum atomic E-state index is 11.0. The average molecular weight is 323 g/mol. The molecule has 0 N–H and O–H groups in total. The van der Waals surface area contributed by atoms with Crippen molar-refractivity contribution in [3.05, 3.63) is 0 Å². The number of rotatable bonds is 3. The molecule has 0 aromatic rings. The zero-order chi connectivity index (χ0) is 13.9. The number of carbonyl (C=O) groups is 2. The minimum atomic E-state index is -0.381. The maximum absolute atomic E-state index is 11.0. The van der Waals surface area contributed by atoms with Crippen molar-refractivity contribution < 1.29 is 23.8 Å². The van der Waals surface area contributed by atoms with Gasteiger partial charge in [-0.1, -0.05) is 29.8 Å². The first-order valence-corrected chi connectivity index (χ1v) is 6.84. The molecular formula is C12H19BrO5. The Morgan fingerprint density at radius 1 is 1.17 bits per heavy atom. The van der Waals surface area contributed by atoms with E-state index in [9.17, 15) is 9.59 Å². The van der Waals surface area contributed by atoms with E-state index in [1.165, 1.54) is 13.8 Å². The van der Waals surface area contributed by atoms with Gasteiger partial charge >= 0.3 is 11.9 Å². The van der Waals surface area contributed by atoms with E-state index < -0.39 is 0 Å². The number of ether oxygens (including phenoxy) is 3. The number of alkyl halides is 1. The van der Waals surface area contributed by atoms with Gasteiger partial charge in [0.05, 0.1) is 6.10 Å². The van der Waals surface area contributed by atoms with Gasteiger partial charge in [-0.05, 0) is 5.92 Å². The van der Waals surface area contributed by atoms with E-state index in [1.54, 1.807) is 0 Å². The minimum Gasteiger partial charge on any atom is -0.463 e. The fourth-order valence-electron chi connectivity index (χ4n) is 1.99. The average Bonchev–Trinajstić information content (AvgIpc) is 2.27. The lowest BCUT2D eigenvalue weighted by Gasteiger charge is -2.41. The van der Waals surface area contributed by atoms with Crippen LogP contribution in [0.3, 0.4) is 0 Å². The summed E-state index contributed by atoms with van der Waals surface area (Å²) in [5.41, 5.74) is 0.